The number of hydrogen-bond acceptors (Lipinski definition) is 3. The zero-order chi connectivity index (χ0) is 14.1. The summed E-state index contributed by atoms with van der Waals surface area (Å²) in [4.78, 5) is 17.5. The predicted molar refractivity (Wildman–Crippen MR) is 74.5 cm³/mol. The lowest BCUT2D eigenvalue weighted by Gasteiger charge is -2.15. The number of aromatic nitrogens is 2. The third-order valence-corrected chi connectivity index (χ3v) is 3.82. The van der Waals surface area contributed by atoms with E-state index in [1.165, 1.54) is 5.56 Å². The van der Waals surface area contributed by atoms with E-state index in [1.54, 1.807) is 12.1 Å². The molecule has 1 aliphatic heterocycles. The van der Waals surface area contributed by atoms with E-state index in [0.717, 1.165) is 37.6 Å². The Balaban J connectivity index is 1.65. The summed E-state index contributed by atoms with van der Waals surface area (Å²) < 4.78 is 2.13. The smallest absolute Gasteiger partial charge is 0.335 e. The maximum atomic E-state index is 11.0. The zero-order valence-corrected chi connectivity index (χ0v) is 11.4. The fraction of sp³-hybridized carbons (Fsp3) is 0.333. The maximum Gasteiger partial charge on any atom is 0.335 e. The average Bonchev–Trinajstić information content (AvgIpc) is 3.00. The van der Waals surface area contributed by atoms with E-state index in [9.17, 15) is 4.79 Å². The van der Waals surface area contributed by atoms with Gasteiger partial charge in [-0.05, 0) is 30.2 Å². The molecule has 2 heterocycles. The van der Waals surface area contributed by atoms with Gasteiger partial charge < -0.3 is 9.67 Å². The Labute approximate surface area is 117 Å². The van der Waals surface area contributed by atoms with Crippen molar-refractivity contribution in [3.63, 3.8) is 0 Å². The number of hydrogen-bond donors (Lipinski definition) is 1. The van der Waals surface area contributed by atoms with Crippen LogP contribution in [-0.4, -0.2) is 32.1 Å². The summed E-state index contributed by atoms with van der Waals surface area (Å²) in [7, 11) is 0. The molecule has 3 rings (SSSR count). The van der Waals surface area contributed by atoms with Gasteiger partial charge in [0.15, 0.2) is 0 Å². The highest BCUT2D eigenvalue weighted by atomic mass is 16.4. The first-order valence-corrected chi connectivity index (χ1v) is 6.68. The first-order valence-electron chi connectivity index (χ1n) is 6.68. The van der Waals surface area contributed by atoms with E-state index in [4.69, 9.17) is 5.11 Å². The van der Waals surface area contributed by atoms with Gasteiger partial charge in [-0.1, -0.05) is 6.07 Å². The highest BCUT2D eigenvalue weighted by molar-refractivity contribution is 5.87. The van der Waals surface area contributed by atoms with Gasteiger partial charge in [0.05, 0.1) is 5.56 Å². The van der Waals surface area contributed by atoms with Crippen LogP contribution in [0.4, 0.5) is 0 Å². The SMILES string of the molecule is Cc1nccn1CCN1Cc2ccc(C(=O)O)cc2C1. The minimum absolute atomic E-state index is 0.371. The van der Waals surface area contributed by atoms with Gasteiger partial charge in [-0.2, -0.15) is 0 Å². The van der Waals surface area contributed by atoms with Crippen LogP contribution in [0.3, 0.4) is 0 Å². The number of carboxylic acid groups (broad SMARTS) is 1. The van der Waals surface area contributed by atoms with Crippen molar-refractivity contribution < 1.29 is 9.90 Å². The molecule has 0 spiro atoms. The Bertz CT molecular complexity index is 648. The van der Waals surface area contributed by atoms with E-state index in [0.29, 0.717) is 5.56 Å². The molecule has 5 heteroatoms. The minimum Gasteiger partial charge on any atom is -0.478 e. The van der Waals surface area contributed by atoms with Crippen molar-refractivity contribution in [2.75, 3.05) is 6.54 Å². The molecule has 2 aromatic rings. The molecule has 5 nitrogen and oxygen atoms in total. The minimum atomic E-state index is -0.861. The highest BCUT2D eigenvalue weighted by Crippen LogP contribution is 2.23. The monoisotopic (exact) mass is 271 g/mol. The Morgan fingerprint density at radius 2 is 2.10 bits per heavy atom. The molecule has 0 aliphatic carbocycles. The number of nitrogens with zero attached hydrogens (tertiary/aromatic N) is 3. The Hall–Kier alpha value is -2.14. The second kappa shape index (κ2) is 5.09. The molecule has 0 radical (unpaired) electrons. The Morgan fingerprint density at radius 3 is 2.80 bits per heavy atom. The molecule has 0 fully saturated rings. The Morgan fingerprint density at radius 1 is 1.30 bits per heavy atom. The fourth-order valence-corrected chi connectivity index (χ4v) is 2.65. The van der Waals surface area contributed by atoms with Crippen LogP contribution in [0.2, 0.25) is 0 Å². The first kappa shape index (κ1) is 12.9. The summed E-state index contributed by atoms with van der Waals surface area (Å²) in [6.45, 7) is 5.56. The number of imidazole rings is 1. The van der Waals surface area contributed by atoms with Crippen LogP contribution in [0.25, 0.3) is 0 Å². The van der Waals surface area contributed by atoms with Gasteiger partial charge in [0.25, 0.3) is 0 Å². The van der Waals surface area contributed by atoms with E-state index in [-0.39, 0.29) is 0 Å². The van der Waals surface area contributed by atoms with Crippen molar-refractivity contribution in [2.45, 2.75) is 26.6 Å². The molecule has 0 saturated carbocycles. The maximum absolute atomic E-state index is 11.0. The van der Waals surface area contributed by atoms with Gasteiger partial charge >= 0.3 is 5.97 Å². The largest absolute Gasteiger partial charge is 0.478 e. The van der Waals surface area contributed by atoms with Gasteiger partial charge in [0, 0.05) is 38.6 Å². The van der Waals surface area contributed by atoms with E-state index < -0.39 is 5.97 Å². The average molecular weight is 271 g/mol. The summed E-state index contributed by atoms with van der Waals surface area (Å²) in [6, 6.07) is 5.41. The number of aryl methyl sites for hydroxylation is 1. The molecule has 0 saturated heterocycles. The molecule has 0 atom stereocenters. The van der Waals surface area contributed by atoms with Crippen LogP contribution >= 0.6 is 0 Å². The highest BCUT2D eigenvalue weighted by Gasteiger charge is 2.20. The summed E-state index contributed by atoms with van der Waals surface area (Å²) in [5.41, 5.74) is 2.74. The standard InChI is InChI=1S/C15H17N3O2/c1-11-16-4-5-18(11)7-6-17-9-13-3-2-12(15(19)20)8-14(13)10-17/h2-5,8H,6-7,9-10H2,1H3,(H,19,20). The second-order valence-corrected chi connectivity index (χ2v) is 5.17. The van der Waals surface area contributed by atoms with Crippen molar-refractivity contribution in [3.05, 3.63) is 53.1 Å². The molecule has 0 unspecified atom stereocenters. The molecule has 0 amide bonds. The van der Waals surface area contributed by atoms with Gasteiger partial charge in [0.2, 0.25) is 0 Å². The lowest BCUT2D eigenvalue weighted by atomic mass is 10.1. The molecule has 104 valence electrons. The van der Waals surface area contributed by atoms with Gasteiger partial charge in [-0.25, -0.2) is 9.78 Å². The molecule has 20 heavy (non-hydrogen) atoms. The van der Waals surface area contributed by atoms with Crippen molar-refractivity contribution in [1.29, 1.82) is 0 Å². The second-order valence-electron chi connectivity index (χ2n) is 5.17. The van der Waals surface area contributed by atoms with E-state index >= 15 is 0 Å². The van der Waals surface area contributed by atoms with Crippen LogP contribution in [-0.2, 0) is 19.6 Å². The number of aromatic carboxylic acids is 1. The number of fused-ring (bicyclic) bond motifs is 1. The molecule has 1 aliphatic rings. The zero-order valence-electron chi connectivity index (χ0n) is 11.4. The third kappa shape index (κ3) is 2.44. The predicted octanol–water partition coefficient (Wildman–Crippen LogP) is 1.91. The van der Waals surface area contributed by atoms with E-state index in [2.05, 4.69) is 14.5 Å². The van der Waals surface area contributed by atoms with Crippen LogP contribution < -0.4 is 0 Å². The molecule has 1 aromatic carbocycles. The summed E-state index contributed by atoms with van der Waals surface area (Å²) >= 11 is 0. The van der Waals surface area contributed by atoms with Gasteiger partial charge in [-0.15, -0.1) is 0 Å². The van der Waals surface area contributed by atoms with E-state index in [1.807, 2.05) is 25.4 Å². The normalized spacial score (nSPS) is 14.4. The lowest BCUT2D eigenvalue weighted by Crippen LogP contribution is -2.22. The fourth-order valence-electron chi connectivity index (χ4n) is 2.65. The van der Waals surface area contributed by atoms with Crippen molar-refractivity contribution in [1.82, 2.24) is 14.5 Å². The Kier molecular flexibility index (Phi) is 3.28. The third-order valence-electron chi connectivity index (χ3n) is 3.82. The van der Waals surface area contributed by atoms with Crippen LogP contribution in [0.15, 0.2) is 30.6 Å². The number of carbonyl (C=O) groups is 1. The van der Waals surface area contributed by atoms with Crippen LogP contribution in [0.1, 0.15) is 27.3 Å². The van der Waals surface area contributed by atoms with Crippen molar-refractivity contribution in [2.24, 2.45) is 0 Å². The first-order chi connectivity index (χ1) is 9.63. The topological polar surface area (TPSA) is 58.4 Å². The number of carboxylic acids is 1. The number of benzene rings is 1. The van der Waals surface area contributed by atoms with Crippen molar-refractivity contribution >= 4 is 5.97 Å². The van der Waals surface area contributed by atoms with Crippen LogP contribution in [0, 0.1) is 6.92 Å². The van der Waals surface area contributed by atoms with Gasteiger partial charge in [0.1, 0.15) is 5.82 Å². The molecular formula is C15H17N3O2. The number of rotatable bonds is 4. The summed E-state index contributed by atoms with van der Waals surface area (Å²) in [6.07, 6.45) is 3.80. The van der Waals surface area contributed by atoms with Crippen LogP contribution in [0.5, 0.6) is 0 Å². The molecular weight excluding hydrogens is 254 g/mol. The molecule has 1 N–H and O–H groups in total. The van der Waals surface area contributed by atoms with Gasteiger partial charge in [-0.3, -0.25) is 4.90 Å². The molecule has 0 bridgehead atoms. The lowest BCUT2D eigenvalue weighted by molar-refractivity contribution is 0.0696. The van der Waals surface area contributed by atoms with Crippen molar-refractivity contribution in [3.8, 4) is 0 Å². The summed E-state index contributed by atoms with van der Waals surface area (Å²) in [5.74, 6) is 0.162. The quantitative estimate of drug-likeness (QED) is 0.922. The summed E-state index contributed by atoms with van der Waals surface area (Å²) in [5, 5.41) is 9.02. The molecule has 1 aromatic heterocycles.